The van der Waals surface area contributed by atoms with Crippen LogP contribution in [0.2, 0.25) is 0 Å². The number of nitrogens with one attached hydrogen (secondary N) is 6. The van der Waals surface area contributed by atoms with Gasteiger partial charge in [0, 0.05) is 32.9 Å². The zero-order chi connectivity index (χ0) is 42.9. The fourth-order valence-electron chi connectivity index (χ4n) is 5.98. The first kappa shape index (κ1) is 48.7. The van der Waals surface area contributed by atoms with Crippen molar-refractivity contribution in [3.8, 4) is 0 Å². The maximum absolute atomic E-state index is 14.1. The van der Waals surface area contributed by atoms with Gasteiger partial charge in [0.1, 0.15) is 30.2 Å². The van der Waals surface area contributed by atoms with Gasteiger partial charge in [0.2, 0.25) is 41.2 Å². The molecule has 0 saturated carbocycles. The van der Waals surface area contributed by atoms with Gasteiger partial charge in [-0.1, -0.05) is 54.0 Å². The Labute approximate surface area is 326 Å². The highest BCUT2D eigenvalue weighted by atomic mass is 16.4. The van der Waals surface area contributed by atoms with E-state index in [1.165, 1.54) is 11.0 Å². The van der Waals surface area contributed by atoms with E-state index in [1.807, 2.05) is 0 Å². The van der Waals surface area contributed by atoms with Gasteiger partial charge in [0.15, 0.2) is 0 Å². The van der Waals surface area contributed by atoms with Crippen LogP contribution in [0, 0.1) is 11.3 Å². The number of carbonyl (C=O) groups excluding carboxylic acids is 8. The number of carbonyl (C=O) groups is 10. The highest BCUT2D eigenvalue weighted by Gasteiger charge is 2.42. The van der Waals surface area contributed by atoms with Gasteiger partial charge in [0.25, 0.3) is 5.91 Å². The lowest BCUT2D eigenvalue weighted by Gasteiger charge is -2.35. The number of hydrogen-bond donors (Lipinski definition) is 8. The number of likely N-dealkylation sites (tertiary alicyclic amines) is 1. The van der Waals surface area contributed by atoms with Gasteiger partial charge < -0.3 is 47.0 Å². The van der Waals surface area contributed by atoms with Crippen molar-refractivity contribution in [3.05, 3.63) is 12.7 Å². The zero-order valence-corrected chi connectivity index (χ0v) is 33.3. The summed E-state index contributed by atoms with van der Waals surface area (Å²) in [6.07, 6.45) is 0.942. The third-order valence-corrected chi connectivity index (χ3v) is 8.95. The van der Waals surface area contributed by atoms with Crippen molar-refractivity contribution >= 4 is 59.1 Å². The van der Waals surface area contributed by atoms with Crippen molar-refractivity contribution in [1.29, 1.82) is 0 Å². The monoisotopic (exact) mass is 793 g/mol. The zero-order valence-electron chi connectivity index (χ0n) is 33.3. The topological polar surface area (TPSA) is 287 Å². The predicted molar refractivity (Wildman–Crippen MR) is 201 cm³/mol. The van der Waals surface area contributed by atoms with Crippen LogP contribution in [0.5, 0.6) is 0 Å². The van der Waals surface area contributed by atoms with Gasteiger partial charge in [0.05, 0.1) is 6.04 Å². The Morgan fingerprint density at radius 3 is 1.82 bits per heavy atom. The van der Waals surface area contributed by atoms with Gasteiger partial charge in [-0.15, -0.1) is 6.58 Å². The SMILES string of the molecule is C=CCNC(=O)C(=O)C(CCC)NC(=O)[C@@H]1CCCN1C(=O)C(NC(=O)C(NC(=O)C(CCC(=O)O)NC(=O)C(CCC(=O)O)NC(C)=O)C(C)(C)C)C(C)C. The maximum atomic E-state index is 14.1. The third-order valence-electron chi connectivity index (χ3n) is 8.95. The van der Waals surface area contributed by atoms with E-state index < -0.39 is 126 Å². The quantitative estimate of drug-likeness (QED) is 0.0481. The lowest BCUT2D eigenvalue weighted by molar-refractivity contribution is -0.144. The van der Waals surface area contributed by atoms with E-state index in [0.717, 1.165) is 6.92 Å². The molecule has 1 saturated heterocycles. The molecule has 6 atom stereocenters. The number of amides is 7. The van der Waals surface area contributed by atoms with Crippen LogP contribution in [0.3, 0.4) is 0 Å². The highest BCUT2D eigenvalue weighted by molar-refractivity contribution is 6.38. The Kier molecular flexibility index (Phi) is 19.9. The molecule has 19 nitrogen and oxygen atoms in total. The van der Waals surface area contributed by atoms with Crippen LogP contribution >= 0.6 is 0 Å². The van der Waals surface area contributed by atoms with Crippen LogP contribution in [0.1, 0.15) is 99.8 Å². The Morgan fingerprint density at radius 2 is 1.34 bits per heavy atom. The fraction of sp³-hybridized carbons (Fsp3) is 0.676. The first-order chi connectivity index (χ1) is 26.0. The Hall–Kier alpha value is -5.36. The van der Waals surface area contributed by atoms with Crippen molar-refractivity contribution in [2.24, 2.45) is 11.3 Å². The van der Waals surface area contributed by atoms with Crippen molar-refractivity contribution in [1.82, 2.24) is 36.8 Å². The van der Waals surface area contributed by atoms with E-state index in [0.29, 0.717) is 12.8 Å². The molecule has 0 spiro atoms. The molecule has 0 bridgehead atoms. The number of hydrogen-bond acceptors (Lipinski definition) is 10. The molecule has 7 amide bonds. The van der Waals surface area contributed by atoms with Crippen LogP contribution in [0.25, 0.3) is 0 Å². The van der Waals surface area contributed by atoms with Crippen LogP contribution < -0.4 is 31.9 Å². The van der Waals surface area contributed by atoms with E-state index in [1.54, 1.807) is 41.5 Å². The minimum Gasteiger partial charge on any atom is -0.481 e. The maximum Gasteiger partial charge on any atom is 0.303 e. The molecule has 8 N–H and O–H groups in total. The van der Waals surface area contributed by atoms with Crippen LogP contribution in [-0.4, -0.2) is 124 Å². The Bertz CT molecular complexity index is 1490. The number of nitrogens with zero attached hydrogens (tertiary/aromatic N) is 1. The van der Waals surface area contributed by atoms with E-state index in [4.69, 9.17) is 5.11 Å². The number of carboxylic acids is 2. The van der Waals surface area contributed by atoms with Crippen molar-refractivity contribution in [2.75, 3.05) is 13.1 Å². The molecule has 1 fully saturated rings. The fourth-order valence-corrected chi connectivity index (χ4v) is 5.98. The number of rotatable bonds is 23. The smallest absolute Gasteiger partial charge is 0.303 e. The number of Topliss-reactive ketones (excluding diaryl/α,β-unsaturated/α-hetero) is 1. The standard InChI is InChI=1S/C37H59N7O12/c1-9-12-22(29(50)34(54)38-18-10-2)40-33(53)25-13-11-19-44(25)36(56)28(20(3)4)42-35(55)30(37(6,7)8)43-32(52)24(15-17-27(48)49)41-31(51)23(39-21(5)45)14-16-26(46)47/h10,20,22-25,28,30H,2,9,11-19H2,1,3-8H3,(H,38,54)(H,39,45)(H,40,53)(H,41,51)(H,42,55)(H,43,52)(H,46,47)(H,48,49)/t22?,23?,24?,25-,28?,30?/m0/s1. The number of ketones is 1. The van der Waals surface area contributed by atoms with Gasteiger partial charge >= 0.3 is 11.9 Å². The van der Waals surface area contributed by atoms with E-state index >= 15 is 0 Å². The summed E-state index contributed by atoms with van der Waals surface area (Å²) >= 11 is 0. The van der Waals surface area contributed by atoms with Crippen molar-refractivity contribution in [3.63, 3.8) is 0 Å². The van der Waals surface area contributed by atoms with Crippen LogP contribution in [0.4, 0.5) is 0 Å². The molecule has 56 heavy (non-hydrogen) atoms. The summed E-state index contributed by atoms with van der Waals surface area (Å²) in [6, 6.07) is -7.56. The lowest BCUT2D eigenvalue weighted by atomic mass is 9.85. The summed E-state index contributed by atoms with van der Waals surface area (Å²) < 4.78 is 0. The van der Waals surface area contributed by atoms with Crippen LogP contribution in [0.15, 0.2) is 12.7 Å². The second kappa shape index (κ2) is 22.9. The molecule has 1 aliphatic rings. The van der Waals surface area contributed by atoms with Crippen molar-refractivity contribution in [2.45, 2.75) is 136 Å². The Morgan fingerprint density at radius 1 is 0.786 bits per heavy atom. The molecule has 314 valence electrons. The molecule has 0 aromatic carbocycles. The Balaban J connectivity index is 3.30. The second-order valence-corrected chi connectivity index (χ2v) is 15.1. The van der Waals surface area contributed by atoms with E-state index in [-0.39, 0.29) is 32.4 Å². The summed E-state index contributed by atoms with van der Waals surface area (Å²) in [4.78, 5) is 129. The molecule has 5 unspecified atom stereocenters. The van der Waals surface area contributed by atoms with Crippen molar-refractivity contribution < 1.29 is 58.2 Å². The number of carboxylic acid groups (broad SMARTS) is 2. The molecular formula is C37H59N7O12. The second-order valence-electron chi connectivity index (χ2n) is 15.1. The van der Waals surface area contributed by atoms with Gasteiger partial charge in [-0.2, -0.15) is 0 Å². The average molecular weight is 794 g/mol. The molecule has 0 aliphatic carbocycles. The average Bonchev–Trinajstić information content (AvgIpc) is 3.60. The summed E-state index contributed by atoms with van der Waals surface area (Å²) in [7, 11) is 0. The summed E-state index contributed by atoms with van der Waals surface area (Å²) in [6.45, 7) is 14.8. The van der Waals surface area contributed by atoms with Gasteiger partial charge in [-0.3, -0.25) is 47.9 Å². The summed E-state index contributed by atoms with van der Waals surface area (Å²) in [5.74, 6) is -9.34. The third kappa shape index (κ3) is 15.8. The minimum absolute atomic E-state index is 0.0583. The molecule has 19 heteroatoms. The van der Waals surface area contributed by atoms with Gasteiger partial charge in [-0.05, 0) is 43.4 Å². The molecule has 0 aromatic rings. The largest absolute Gasteiger partial charge is 0.481 e. The van der Waals surface area contributed by atoms with Gasteiger partial charge in [-0.25, -0.2) is 0 Å². The number of aliphatic carboxylic acids is 2. The highest BCUT2D eigenvalue weighted by Crippen LogP contribution is 2.23. The molecular weight excluding hydrogens is 734 g/mol. The normalized spacial score (nSPS) is 16.6. The summed E-state index contributed by atoms with van der Waals surface area (Å²) in [5.41, 5.74) is -1.01. The lowest BCUT2D eigenvalue weighted by Crippen LogP contribution is -2.62. The molecule has 0 aromatic heterocycles. The molecule has 1 heterocycles. The molecule has 0 radical (unpaired) electrons. The summed E-state index contributed by atoms with van der Waals surface area (Å²) in [5, 5.41) is 33.4. The van der Waals surface area contributed by atoms with E-state index in [9.17, 15) is 53.1 Å². The van der Waals surface area contributed by atoms with Crippen LogP contribution in [-0.2, 0) is 47.9 Å². The first-order valence-electron chi connectivity index (χ1n) is 18.7. The first-order valence-corrected chi connectivity index (χ1v) is 18.7. The molecule has 1 rings (SSSR count). The minimum atomic E-state index is -1.53. The molecule has 1 aliphatic heterocycles. The predicted octanol–water partition coefficient (Wildman–Crippen LogP) is -0.476. The van der Waals surface area contributed by atoms with E-state index in [2.05, 4.69) is 38.5 Å².